The number of amides is 1. The van der Waals surface area contributed by atoms with Gasteiger partial charge in [-0.1, -0.05) is 6.92 Å². The minimum atomic E-state index is -0.940. The Morgan fingerprint density at radius 2 is 2.15 bits per heavy atom. The molecule has 2 aromatic heterocycles. The normalized spacial score (nSPS) is 10.7. The topological polar surface area (TPSA) is 101 Å². The van der Waals surface area contributed by atoms with Crippen LogP contribution in [0.25, 0.3) is 5.78 Å². The summed E-state index contributed by atoms with van der Waals surface area (Å²) < 4.78 is 1.53. The first-order valence-electron chi connectivity index (χ1n) is 6.19. The molecule has 0 aliphatic heterocycles. The minimum Gasteiger partial charge on any atom is -0.481 e. The van der Waals surface area contributed by atoms with Crippen molar-refractivity contribution in [3.63, 3.8) is 0 Å². The Morgan fingerprint density at radius 3 is 2.80 bits per heavy atom. The molecule has 8 heteroatoms. The predicted molar refractivity (Wildman–Crippen MR) is 69.4 cm³/mol. The van der Waals surface area contributed by atoms with Crippen LogP contribution in [-0.2, 0) is 11.2 Å². The SMILES string of the molecule is CCc1c(C(=O)N(C)CCC(=O)O)cnc2ncnn12. The molecule has 0 radical (unpaired) electrons. The maximum Gasteiger partial charge on any atom is 0.305 e. The molecule has 0 spiro atoms. The first kappa shape index (κ1) is 13.9. The van der Waals surface area contributed by atoms with Crippen molar-refractivity contribution in [2.75, 3.05) is 13.6 Å². The fraction of sp³-hybridized carbons (Fsp3) is 0.417. The summed E-state index contributed by atoms with van der Waals surface area (Å²) in [6.07, 6.45) is 3.34. The van der Waals surface area contributed by atoms with Gasteiger partial charge in [-0.3, -0.25) is 9.59 Å². The van der Waals surface area contributed by atoms with E-state index in [0.29, 0.717) is 23.5 Å². The lowest BCUT2D eigenvalue weighted by atomic mass is 10.1. The summed E-state index contributed by atoms with van der Waals surface area (Å²) in [7, 11) is 1.57. The standard InChI is InChI=1S/C12H15N5O3/c1-3-9-8(6-13-12-14-7-15-17(9)12)11(20)16(2)5-4-10(18)19/h6-7H,3-5H2,1-2H3,(H,18,19). The Morgan fingerprint density at radius 1 is 1.40 bits per heavy atom. The number of carbonyl (C=O) groups is 2. The number of carbonyl (C=O) groups excluding carboxylic acids is 1. The van der Waals surface area contributed by atoms with Gasteiger partial charge in [0.2, 0.25) is 0 Å². The van der Waals surface area contributed by atoms with E-state index in [1.807, 2.05) is 6.92 Å². The molecule has 0 aliphatic carbocycles. The fourth-order valence-corrected chi connectivity index (χ4v) is 1.91. The third kappa shape index (κ3) is 2.58. The molecule has 0 aromatic carbocycles. The van der Waals surface area contributed by atoms with Gasteiger partial charge in [0.15, 0.2) is 0 Å². The zero-order valence-corrected chi connectivity index (χ0v) is 11.3. The summed E-state index contributed by atoms with van der Waals surface area (Å²) in [5.41, 5.74) is 1.12. The number of rotatable bonds is 5. The van der Waals surface area contributed by atoms with Gasteiger partial charge in [-0.15, -0.1) is 0 Å². The third-order valence-electron chi connectivity index (χ3n) is 2.98. The summed E-state index contributed by atoms with van der Waals surface area (Å²) >= 11 is 0. The van der Waals surface area contributed by atoms with Gasteiger partial charge in [-0.25, -0.2) is 9.50 Å². The van der Waals surface area contributed by atoms with Crippen LogP contribution in [0.5, 0.6) is 0 Å². The number of aliphatic carboxylic acids is 1. The van der Waals surface area contributed by atoms with Crippen molar-refractivity contribution in [2.24, 2.45) is 0 Å². The number of carboxylic acid groups (broad SMARTS) is 1. The zero-order chi connectivity index (χ0) is 14.7. The van der Waals surface area contributed by atoms with Crippen LogP contribution in [-0.4, -0.2) is 55.1 Å². The molecule has 106 valence electrons. The number of hydrogen-bond donors (Lipinski definition) is 1. The third-order valence-corrected chi connectivity index (χ3v) is 2.98. The average molecular weight is 277 g/mol. The van der Waals surface area contributed by atoms with Crippen LogP contribution < -0.4 is 0 Å². The summed E-state index contributed by atoms with van der Waals surface area (Å²) in [6, 6.07) is 0. The van der Waals surface area contributed by atoms with Crippen LogP contribution in [0.2, 0.25) is 0 Å². The first-order valence-corrected chi connectivity index (χ1v) is 6.19. The van der Waals surface area contributed by atoms with Crippen molar-refractivity contribution in [1.82, 2.24) is 24.5 Å². The van der Waals surface area contributed by atoms with Gasteiger partial charge in [-0.05, 0) is 6.42 Å². The van der Waals surface area contributed by atoms with Crippen LogP contribution in [0, 0.1) is 0 Å². The van der Waals surface area contributed by atoms with Gasteiger partial charge in [0, 0.05) is 19.8 Å². The van der Waals surface area contributed by atoms with Crippen LogP contribution in [0.1, 0.15) is 29.4 Å². The summed E-state index contributed by atoms with van der Waals surface area (Å²) in [5.74, 6) is -0.773. The number of fused-ring (bicyclic) bond motifs is 1. The second kappa shape index (κ2) is 5.64. The average Bonchev–Trinajstić information content (AvgIpc) is 2.91. The lowest BCUT2D eigenvalue weighted by Gasteiger charge is -2.17. The Balaban J connectivity index is 2.31. The molecule has 0 unspecified atom stereocenters. The van der Waals surface area contributed by atoms with Gasteiger partial charge in [0.1, 0.15) is 6.33 Å². The van der Waals surface area contributed by atoms with Gasteiger partial charge in [-0.2, -0.15) is 10.1 Å². The molecule has 2 aromatic rings. The van der Waals surface area contributed by atoms with Crippen LogP contribution in [0.15, 0.2) is 12.5 Å². The quantitative estimate of drug-likeness (QED) is 0.839. The van der Waals surface area contributed by atoms with Crippen molar-refractivity contribution in [1.29, 1.82) is 0 Å². The maximum atomic E-state index is 12.3. The Bertz CT molecular complexity index is 652. The van der Waals surface area contributed by atoms with Crippen LogP contribution in [0.3, 0.4) is 0 Å². The van der Waals surface area contributed by atoms with E-state index in [9.17, 15) is 9.59 Å². The van der Waals surface area contributed by atoms with E-state index in [1.54, 1.807) is 7.05 Å². The minimum absolute atomic E-state index is 0.0945. The van der Waals surface area contributed by atoms with Gasteiger partial charge in [0.05, 0.1) is 17.7 Å². The van der Waals surface area contributed by atoms with E-state index >= 15 is 0 Å². The highest BCUT2D eigenvalue weighted by Gasteiger charge is 2.19. The molecule has 0 fully saturated rings. The molecule has 2 rings (SSSR count). The highest BCUT2D eigenvalue weighted by Crippen LogP contribution is 2.12. The smallest absolute Gasteiger partial charge is 0.305 e. The lowest BCUT2D eigenvalue weighted by molar-refractivity contribution is -0.137. The second-order valence-electron chi connectivity index (χ2n) is 4.31. The molecule has 8 nitrogen and oxygen atoms in total. The molecule has 20 heavy (non-hydrogen) atoms. The van der Waals surface area contributed by atoms with E-state index in [4.69, 9.17) is 5.11 Å². The molecule has 2 heterocycles. The van der Waals surface area contributed by atoms with Crippen LogP contribution in [0.4, 0.5) is 0 Å². The molecule has 0 atom stereocenters. The number of carboxylic acids is 1. The molecule has 0 bridgehead atoms. The summed E-state index contributed by atoms with van der Waals surface area (Å²) in [4.78, 5) is 32.3. The molecule has 0 saturated heterocycles. The van der Waals surface area contributed by atoms with E-state index in [1.165, 1.54) is 21.9 Å². The lowest BCUT2D eigenvalue weighted by Crippen LogP contribution is -2.30. The summed E-state index contributed by atoms with van der Waals surface area (Å²) in [6.45, 7) is 2.05. The van der Waals surface area contributed by atoms with E-state index in [0.717, 1.165) is 0 Å². The first-order chi connectivity index (χ1) is 9.54. The predicted octanol–water partition coefficient (Wildman–Crippen LogP) is 0.233. The molecule has 0 aliphatic rings. The van der Waals surface area contributed by atoms with Crippen molar-refractivity contribution in [2.45, 2.75) is 19.8 Å². The highest BCUT2D eigenvalue weighted by atomic mass is 16.4. The van der Waals surface area contributed by atoms with E-state index < -0.39 is 5.97 Å². The van der Waals surface area contributed by atoms with E-state index in [-0.39, 0.29) is 18.9 Å². The second-order valence-corrected chi connectivity index (χ2v) is 4.31. The van der Waals surface area contributed by atoms with Crippen molar-refractivity contribution in [3.8, 4) is 0 Å². The summed E-state index contributed by atoms with van der Waals surface area (Å²) in [5, 5.41) is 12.7. The number of aryl methyl sites for hydroxylation is 1. The molecule has 1 amide bonds. The van der Waals surface area contributed by atoms with Crippen molar-refractivity contribution >= 4 is 17.7 Å². The Labute approximate surface area is 115 Å². The fourth-order valence-electron chi connectivity index (χ4n) is 1.91. The van der Waals surface area contributed by atoms with Gasteiger partial charge >= 0.3 is 5.97 Å². The monoisotopic (exact) mass is 277 g/mol. The van der Waals surface area contributed by atoms with Crippen molar-refractivity contribution in [3.05, 3.63) is 23.8 Å². The van der Waals surface area contributed by atoms with Crippen molar-refractivity contribution < 1.29 is 14.7 Å². The number of aromatic nitrogens is 4. The van der Waals surface area contributed by atoms with E-state index in [2.05, 4.69) is 15.1 Å². The molecule has 0 saturated carbocycles. The molecule has 1 N–H and O–H groups in total. The Hall–Kier alpha value is -2.51. The number of hydrogen-bond acceptors (Lipinski definition) is 5. The van der Waals surface area contributed by atoms with Crippen LogP contribution >= 0.6 is 0 Å². The van der Waals surface area contributed by atoms with Gasteiger partial charge in [0.25, 0.3) is 11.7 Å². The highest BCUT2D eigenvalue weighted by molar-refractivity contribution is 5.95. The largest absolute Gasteiger partial charge is 0.481 e. The number of nitrogens with zero attached hydrogens (tertiary/aromatic N) is 5. The zero-order valence-electron chi connectivity index (χ0n) is 11.3. The molecular weight excluding hydrogens is 262 g/mol. The Kier molecular flexibility index (Phi) is 3.92. The molecular formula is C12H15N5O3. The van der Waals surface area contributed by atoms with Gasteiger partial charge < -0.3 is 10.0 Å². The maximum absolute atomic E-state index is 12.3.